The summed E-state index contributed by atoms with van der Waals surface area (Å²) >= 11 is 0. The molecule has 1 radical (unpaired) electrons. The van der Waals surface area contributed by atoms with Crippen LogP contribution in [0.15, 0.2) is 0 Å². The van der Waals surface area contributed by atoms with Gasteiger partial charge in [-0.2, -0.15) is 0 Å². The van der Waals surface area contributed by atoms with Gasteiger partial charge in [0, 0.05) is 6.42 Å². The fourth-order valence-electron chi connectivity index (χ4n) is 2.05. The molecule has 0 aromatic heterocycles. The molecule has 3 saturated heterocycles. The molecular weight excluding hydrogens is 132 g/mol. The van der Waals surface area contributed by atoms with Gasteiger partial charge in [-0.3, -0.25) is 4.79 Å². The topological polar surface area (TPSA) is 35.5 Å². The maximum Gasteiger partial charge on any atom is 0.312 e. The van der Waals surface area contributed by atoms with Gasteiger partial charge in [0.15, 0.2) is 0 Å². The Bertz CT molecular complexity index is 199. The van der Waals surface area contributed by atoms with Crippen molar-refractivity contribution in [1.29, 1.82) is 0 Å². The molecule has 0 spiro atoms. The average Bonchev–Trinajstić information content (AvgIpc) is 2.44. The largest absolute Gasteiger partial charge is 0.459 e. The molecule has 4 unspecified atom stereocenters. The molecule has 2 bridgehead atoms. The summed E-state index contributed by atoms with van der Waals surface area (Å²) < 4.78 is 10.4. The van der Waals surface area contributed by atoms with Crippen LogP contribution in [-0.2, 0) is 14.3 Å². The molecule has 0 saturated carbocycles. The second-order valence-corrected chi connectivity index (χ2v) is 3.08. The van der Waals surface area contributed by atoms with Crippen LogP contribution in [0, 0.1) is 12.3 Å². The lowest BCUT2D eigenvalue weighted by atomic mass is 9.90. The van der Waals surface area contributed by atoms with E-state index in [4.69, 9.17) is 9.47 Å². The lowest BCUT2D eigenvalue weighted by Gasteiger charge is -2.07. The first-order valence-electron chi connectivity index (χ1n) is 3.55. The standard InChI is InChI=1S/C7H7O3/c8-7-4-1-3-2-5(10-7)6(4)9-3/h2-6H,1H2. The van der Waals surface area contributed by atoms with Crippen molar-refractivity contribution in [2.24, 2.45) is 5.92 Å². The SMILES string of the molecule is O=C1OC2[CH]C3CC1C2O3. The molecule has 4 atom stereocenters. The minimum atomic E-state index is -0.0637. The predicted octanol–water partition coefficient (Wildman–Crippen LogP) is -0.0966. The minimum absolute atomic E-state index is 0.0174. The van der Waals surface area contributed by atoms with Gasteiger partial charge in [0.1, 0.15) is 12.2 Å². The molecule has 0 aromatic rings. The fraction of sp³-hybridized carbons (Fsp3) is 0.714. The highest BCUT2D eigenvalue weighted by Crippen LogP contribution is 2.45. The molecule has 0 N–H and O–H groups in total. The van der Waals surface area contributed by atoms with Gasteiger partial charge in [0.25, 0.3) is 0 Å². The van der Waals surface area contributed by atoms with Crippen LogP contribution in [-0.4, -0.2) is 24.3 Å². The molecule has 3 heteroatoms. The summed E-state index contributed by atoms with van der Waals surface area (Å²) in [5.41, 5.74) is 0. The van der Waals surface area contributed by atoms with Crippen LogP contribution in [0.25, 0.3) is 0 Å². The summed E-state index contributed by atoms with van der Waals surface area (Å²) in [5, 5.41) is 0. The van der Waals surface area contributed by atoms with Gasteiger partial charge in [-0.05, 0) is 6.42 Å². The van der Waals surface area contributed by atoms with Crippen molar-refractivity contribution in [3.05, 3.63) is 6.42 Å². The molecule has 0 aromatic carbocycles. The number of carbonyl (C=O) groups is 1. The first-order valence-corrected chi connectivity index (χ1v) is 3.55. The van der Waals surface area contributed by atoms with E-state index in [1.807, 2.05) is 6.42 Å². The molecule has 0 aliphatic carbocycles. The maximum atomic E-state index is 11.0. The highest BCUT2D eigenvalue weighted by molar-refractivity contribution is 5.77. The number of carbonyl (C=O) groups excluding carboxylic acids is 1. The quantitative estimate of drug-likeness (QED) is 0.440. The number of esters is 1. The molecule has 3 fully saturated rings. The third-order valence-corrected chi connectivity index (χ3v) is 2.50. The smallest absolute Gasteiger partial charge is 0.312 e. The van der Waals surface area contributed by atoms with E-state index < -0.39 is 0 Å². The summed E-state index contributed by atoms with van der Waals surface area (Å²) in [4.78, 5) is 11.0. The summed E-state index contributed by atoms with van der Waals surface area (Å²) in [6.07, 6.45) is 3.09. The second kappa shape index (κ2) is 1.37. The van der Waals surface area contributed by atoms with Crippen molar-refractivity contribution in [3.8, 4) is 0 Å². The van der Waals surface area contributed by atoms with Crippen LogP contribution >= 0.6 is 0 Å². The van der Waals surface area contributed by atoms with Gasteiger partial charge < -0.3 is 9.47 Å². The first-order chi connectivity index (χ1) is 4.84. The number of rotatable bonds is 0. The van der Waals surface area contributed by atoms with Crippen LogP contribution in [0.1, 0.15) is 6.42 Å². The van der Waals surface area contributed by atoms with Crippen LogP contribution in [0.3, 0.4) is 0 Å². The first kappa shape index (κ1) is 5.13. The van der Waals surface area contributed by atoms with Crippen LogP contribution < -0.4 is 0 Å². The van der Waals surface area contributed by atoms with Crippen molar-refractivity contribution in [2.75, 3.05) is 0 Å². The number of fused-ring (bicyclic) bond motifs is 1. The number of hydrogen-bond donors (Lipinski definition) is 0. The van der Waals surface area contributed by atoms with Gasteiger partial charge >= 0.3 is 5.97 Å². The monoisotopic (exact) mass is 139 g/mol. The van der Waals surface area contributed by atoms with Gasteiger partial charge in [0.2, 0.25) is 0 Å². The zero-order chi connectivity index (χ0) is 6.72. The normalized spacial score (nSPS) is 55.8. The Morgan fingerprint density at radius 2 is 2.50 bits per heavy atom. The summed E-state index contributed by atoms with van der Waals surface area (Å²) in [7, 11) is 0. The van der Waals surface area contributed by atoms with Gasteiger partial charge in [-0.15, -0.1) is 0 Å². The Morgan fingerprint density at radius 3 is 3.10 bits per heavy atom. The lowest BCUT2D eigenvalue weighted by molar-refractivity contribution is -0.142. The van der Waals surface area contributed by atoms with E-state index in [0.29, 0.717) is 0 Å². The molecule has 3 nitrogen and oxygen atoms in total. The fourth-order valence-corrected chi connectivity index (χ4v) is 2.05. The second-order valence-electron chi connectivity index (χ2n) is 3.08. The van der Waals surface area contributed by atoms with Crippen molar-refractivity contribution in [1.82, 2.24) is 0 Å². The third-order valence-electron chi connectivity index (χ3n) is 2.50. The molecule has 3 rings (SSSR count). The van der Waals surface area contributed by atoms with E-state index >= 15 is 0 Å². The van der Waals surface area contributed by atoms with Gasteiger partial charge in [0.05, 0.1) is 12.0 Å². The van der Waals surface area contributed by atoms with Gasteiger partial charge in [-0.25, -0.2) is 0 Å². The van der Waals surface area contributed by atoms with Crippen LogP contribution in [0.4, 0.5) is 0 Å². The molecule has 10 heavy (non-hydrogen) atoms. The zero-order valence-corrected chi connectivity index (χ0v) is 5.32. The summed E-state index contributed by atoms with van der Waals surface area (Å²) in [5.74, 6) is -0.00810. The predicted molar refractivity (Wildman–Crippen MR) is 30.9 cm³/mol. The van der Waals surface area contributed by atoms with Gasteiger partial charge in [-0.1, -0.05) is 0 Å². The zero-order valence-electron chi connectivity index (χ0n) is 5.32. The van der Waals surface area contributed by atoms with E-state index in [0.717, 1.165) is 6.42 Å². The molecule has 0 amide bonds. The lowest BCUT2D eigenvalue weighted by Crippen LogP contribution is -2.22. The highest BCUT2D eigenvalue weighted by atomic mass is 16.6. The number of hydrogen-bond acceptors (Lipinski definition) is 3. The highest BCUT2D eigenvalue weighted by Gasteiger charge is 2.58. The molecule has 3 heterocycles. The van der Waals surface area contributed by atoms with Crippen molar-refractivity contribution in [2.45, 2.75) is 24.7 Å². The summed E-state index contributed by atoms with van der Waals surface area (Å²) in [6.45, 7) is 0. The maximum absolute atomic E-state index is 11.0. The van der Waals surface area contributed by atoms with E-state index in [9.17, 15) is 4.79 Å². The average molecular weight is 139 g/mol. The Balaban J connectivity index is 2.05. The van der Waals surface area contributed by atoms with Crippen LogP contribution in [0.5, 0.6) is 0 Å². The van der Waals surface area contributed by atoms with Crippen LogP contribution in [0.2, 0.25) is 0 Å². The minimum Gasteiger partial charge on any atom is -0.459 e. The Morgan fingerprint density at radius 1 is 1.60 bits per heavy atom. The van der Waals surface area contributed by atoms with E-state index in [1.165, 1.54) is 0 Å². The van der Waals surface area contributed by atoms with E-state index in [1.54, 1.807) is 0 Å². The van der Waals surface area contributed by atoms with Crippen molar-refractivity contribution >= 4 is 5.97 Å². The molecular formula is C7H7O3. The summed E-state index contributed by atoms with van der Waals surface area (Å²) in [6, 6.07) is 0. The molecule has 3 aliphatic heterocycles. The Labute approximate surface area is 58.3 Å². The Kier molecular flexibility index (Phi) is 0.703. The van der Waals surface area contributed by atoms with Crippen molar-refractivity contribution < 1.29 is 14.3 Å². The third kappa shape index (κ3) is 0.408. The Hall–Kier alpha value is -0.570. The molecule has 53 valence electrons. The number of ether oxygens (including phenoxy) is 2. The van der Waals surface area contributed by atoms with E-state index in [-0.39, 0.29) is 30.2 Å². The van der Waals surface area contributed by atoms with Crippen molar-refractivity contribution in [3.63, 3.8) is 0 Å². The van der Waals surface area contributed by atoms with E-state index in [2.05, 4.69) is 0 Å². The molecule has 3 aliphatic rings.